The summed E-state index contributed by atoms with van der Waals surface area (Å²) in [7, 11) is 1.76. The highest BCUT2D eigenvalue weighted by atomic mass is 16.5. The molecule has 1 aromatic rings. The predicted octanol–water partition coefficient (Wildman–Crippen LogP) is 4.63. The molecule has 0 radical (unpaired) electrons. The number of aryl methyl sites for hydroxylation is 1. The summed E-state index contributed by atoms with van der Waals surface area (Å²) in [6, 6.07) is 7.77. The standard InChI is InChI=1S/C19H29NO/c1-19(2)12-5-4-9-18(19)20-17-8-6-7-14-10-11-15(21-3)13-16(14)17/h10-11,13,17-18,20H,4-9,12H2,1-3H3. The van der Waals surface area contributed by atoms with Crippen LogP contribution in [-0.4, -0.2) is 13.2 Å². The second kappa shape index (κ2) is 6.00. The van der Waals surface area contributed by atoms with E-state index >= 15 is 0 Å². The van der Waals surface area contributed by atoms with Crippen molar-refractivity contribution in [2.45, 2.75) is 70.9 Å². The first-order valence-electron chi connectivity index (χ1n) is 8.53. The summed E-state index contributed by atoms with van der Waals surface area (Å²) in [5, 5.41) is 4.00. The van der Waals surface area contributed by atoms with Crippen LogP contribution in [0.25, 0.3) is 0 Å². The summed E-state index contributed by atoms with van der Waals surface area (Å²) in [5.41, 5.74) is 3.41. The summed E-state index contributed by atoms with van der Waals surface area (Å²) in [6.45, 7) is 4.86. The van der Waals surface area contributed by atoms with Crippen molar-refractivity contribution in [1.29, 1.82) is 0 Å². The first-order chi connectivity index (χ1) is 10.1. The van der Waals surface area contributed by atoms with Gasteiger partial charge in [-0.3, -0.25) is 0 Å². The van der Waals surface area contributed by atoms with Gasteiger partial charge in [0.2, 0.25) is 0 Å². The van der Waals surface area contributed by atoms with Gasteiger partial charge >= 0.3 is 0 Å². The predicted molar refractivity (Wildman–Crippen MR) is 87.8 cm³/mol. The van der Waals surface area contributed by atoms with Gasteiger partial charge in [0.15, 0.2) is 0 Å². The third-order valence-corrected chi connectivity index (χ3v) is 5.58. The van der Waals surface area contributed by atoms with Crippen molar-refractivity contribution in [2.75, 3.05) is 7.11 Å². The Balaban J connectivity index is 1.81. The van der Waals surface area contributed by atoms with E-state index in [1.807, 2.05) is 0 Å². The maximum absolute atomic E-state index is 5.43. The number of benzene rings is 1. The Kier molecular flexibility index (Phi) is 4.26. The third kappa shape index (κ3) is 3.11. The lowest BCUT2D eigenvalue weighted by Crippen LogP contribution is -2.46. The number of rotatable bonds is 3. The van der Waals surface area contributed by atoms with Crippen LogP contribution in [0.15, 0.2) is 18.2 Å². The molecule has 0 spiro atoms. The van der Waals surface area contributed by atoms with Crippen LogP contribution in [0.4, 0.5) is 0 Å². The van der Waals surface area contributed by atoms with Crippen LogP contribution in [0.3, 0.4) is 0 Å². The molecule has 0 aromatic heterocycles. The van der Waals surface area contributed by atoms with E-state index in [-0.39, 0.29) is 0 Å². The molecule has 1 N–H and O–H groups in total. The van der Waals surface area contributed by atoms with E-state index in [0.717, 1.165) is 5.75 Å². The fourth-order valence-corrected chi connectivity index (χ4v) is 4.12. The van der Waals surface area contributed by atoms with E-state index in [0.29, 0.717) is 17.5 Å². The molecule has 0 heterocycles. The van der Waals surface area contributed by atoms with Crippen LogP contribution >= 0.6 is 0 Å². The average Bonchev–Trinajstić information content (AvgIpc) is 2.49. The first kappa shape index (κ1) is 14.9. The Labute approximate surface area is 129 Å². The molecule has 0 saturated heterocycles. The fraction of sp³-hybridized carbons (Fsp3) is 0.684. The Morgan fingerprint density at radius 3 is 2.76 bits per heavy atom. The molecule has 2 atom stereocenters. The van der Waals surface area contributed by atoms with Crippen molar-refractivity contribution in [1.82, 2.24) is 5.32 Å². The molecule has 0 aliphatic heterocycles. The Morgan fingerprint density at radius 2 is 2.00 bits per heavy atom. The van der Waals surface area contributed by atoms with Gasteiger partial charge in [0.25, 0.3) is 0 Å². The molecule has 2 aliphatic rings. The lowest BCUT2D eigenvalue weighted by atomic mass is 9.72. The molecular formula is C19H29NO. The number of ether oxygens (including phenoxy) is 1. The first-order valence-corrected chi connectivity index (χ1v) is 8.53. The quantitative estimate of drug-likeness (QED) is 0.875. The second-order valence-corrected chi connectivity index (χ2v) is 7.46. The third-order valence-electron chi connectivity index (χ3n) is 5.58. The van der Waals surface area contributed by atoms with Crippen LogP contribution in [0.1, 0.15) is 69.5 Å². The molecule has 0 bridgehead atoms. The SMILES string of the molecule is COc1ccc2c(c1)C(NC1CCCCC1(C)C)CCC2. The van der Waals surface area contributed by atoms with Crippen LogP contribution in [0.5, 0.6) is 5.75 Å². The lowest BCUT2D eigenvalue weighted by molar-refractivity contribution is 0.151. The van der Waals surface area contributed by atoms with Crippen molar-refractivity contribution in [3.05, 3.63) is 29.3 Å². The van der Waals surface area contributed by atoms with Gasteiger partial charge in [-0.2, -0.15) is 0 Å². The molecular weight excluding hydrogens is 258 g/mol. The van der Waals surface area contributed by atoms with E-state index < -0.39 is 0 Å². The number of hydrogen-bond acceptors (Lipinski definition) is 2. The molecule has 2 aliphatic carbocycles. The number of fused-ring (bicyclic) bond motifs is 1. The van der Waals surface area contributed by atoms with E-state index in [1.54, 1.807) is 7.11 Å². The van der Waals surface area contributed by atoms with Gasteiger partial charge in [0.1, 0.15) is 5.75 Å². The summed E-state index contributed by atoms with van der Waals surface area (Å²) in [4.78, 5) is 0. The fourth-order valence-electron chi connectivity index (χ4n) is 4.12. The number of nitrogens with one attached hydrogen (secondary N) is 1. The highest BCUT2D eigenvalue weighted by Crippen LogP contribution is 2.39. The summed E-state index contributed by atoms with van der Waals surface area (Å²) in [6.07, 6.45) is 9.20. The number of methoxy groups -OCH3 is 1. The van der Waals surface area contributed by atoms with Crippen molar-refractivity contribution < 1.29 is 4.74 Å². The van der Waals surface area contributed by atoms with Crippen LogP contribution in [0.2, 0.25) is 0 Å². The van der Waals surface area contributed by atoms with E-state index in [2.05, 4.69) is 37.4 Å². The zero-order chi connectivity index (χ0) is 14.9. The van der Waals surface area contributed by atoms with E-state index in [4.69, 9.17) is 4.74 Å². The molecule has 1 saturated carbocycles. The molecule has 0 amide bonds. The van der Waals surface area contributed by atoms with Crippen molar-refractivity contribution in [3.8, 4) is 5.75 Å². The average molecular weight is 287 g/mol. The normalized spacial score (nSPS) is 28.0. The van der Waals surface area contributed by atoms with E-state index in [9.17, 15) is 0 Å². The maximum Gasteiger partial charge on any atom is 0.119 e. The molecule has 3 rings (SSSR count). The molecule has 1 fully saturated rings. The molecule has 2 nitrogen and oxygen atoms in total. The molecule has 2 unspecified atom stereocenters. The van der Waals surface area contributed by atoms with Gasteiger partial charge in [-0.25, -0.2) is 0 Å². The zero-order valence-electron chi connectivity index (χ0n) is 13.7. The molecule has 116 valence electrons. The van der Waals surface area contributed by atoms with Gasteiger partial charge < -0.3 is 10.1 Å². The lowest BCUT2D eigenvalue weighted by Gasteiger charge is -2.42. The van der Waals surface area contributed by atoms with Crippen molar-refractivity contribution in [2.24, 2.45) is 5.41 Å². The van der Waals surface area contributed by atoms with Crippen molar-refractivity contribution >= 4 is 0 Å². The maximum atomic E-state index is 5.43. The number of hydrogen-bond donors (Lipinski definition) is 1. The minimum Gasteiger partial charge on any atom is -0.497 e. The molecule has 2 heteroatoms. The second-order valence-electron chi connectivity index (χ2n) is 7.46. The van der Waals surface area contributed by atoms with Gasteiger partial charge in [-0.15, -0.1) is 0 Å². The van der Waals surface area contributed by atoms with Crippen molar-refractivity contribution in [3.63, 3.8) is 0 Å². The summed E-state index contributed by atoms with van der Waals surface area (Å²) in [5.74, 6) is 0.991. The minimum atomic E-state index is 0.425. The largest absolute Gasteiger partial charge is 0.497 e. The van der Waals surface area contributed by atoms with Crippen LogP contribution in [0, 0.1) is 5.41 Å². The highest BCUT2D eigenvalue weighted by molar-refractivity contribution is 5.39. The highest BCUT2D eigenvalue weighted by Gasteiger charge is 2.34. The van der Waals surface area contributed by atoms with Gasteiger partial charge in [-0.1, -0.05) is 32.8 Å². The zero-order valence-corrected chi connectivity index (χ0v) is 13.7. The van der Waals surface area contributed by atoms with Crippen LogP contribution < -0.4 is 10.1 Å². The van der Waals surface area contributed by atoms with E-state index in [1.165, 1.54) is 56.1 Å². The summed E-state index contributed by atoms with van der Waals surface area (Å²) < 4.78 is 5.43. The smallest absolute Gasteiger partial charge is 0.119 e. The monoisotopic (exact) mass is 287 g/mol. The Hall–Kier alpha value is -1.02. The van der Waals surface area contributed by atoms with Gasteiger partial charge in [-0.05, 0) is 60.8 Å². The van der Waals surface area contributed by atoms with Crippen LogP contribution in [-0.2, 0) is 6.42 Å². The Morgan fingerprint density at radius 1 is 1.14 bits per heavy atom. The molecule has 21 heavy (non-hydrogen) atoms. The molecule has 1 aromatic carbocycles. The van der Waals surface area contributed by atoms with Gasteiger partial charge in [0.05, 0.1) is 7.11 Å². The van der Waals surface area contributed by atoms with Gasteiger partial charge in [0, 0.05) is 12.1 Å². The topological polar surface area (TPSA) is 21.3 Å². The Bertz CT molecular complexity index is 494. The minimum absolute atomic E-state index is 0.425. The summed E-state index contributed by atoms with van der Waals surface area (Å²) >= 11 is 0.